The van der Waals surface area contributed by atoms with Gasteiger partial charge in [0.05, 0.1) is 12.1 Å². The zero-order valence-corrected chi connectivity index (χ0v) is 11.1. The predicted molar refractivity (Wildman–Crippen MR) is 64.5 cm³/mol. The molecule has 15 heavy (non-hydrogen) atoms. The van der Waals surface area contributed by atoms with Crippen LogP contribution in [0.15, 0.2) is 22.7 Å². The van der Waals surface area contributed by atoms with Crippen LogP contribution in [0.1, 0.15) is 5.56 Å². The number of halogens is 3. The molecule has 0 radical (unpaired) electrons. The topological polar surface area (TPSA) is 26.3 Å². The molecule has 0 saturated heterocycles. The second-order valence-corrected chi connectivity index (χ2v) is 4.73. The largest absolute Gasteiger partial charge is 0.468 e. The summed E-state index contributed by atoms with van der Waals surface area (Å²) in [5.74, 6) is -0.435. The normalized spacial score (nSPS) is 12.3. The van der Waals surface area contributed by atoms with Crippen molar-refractivity contribution in [3.8, 4) is 0 Å². The Bertz CT molecular complexity index is 368. The van der Waals surface area contributed by atoms with Crippen molar-refractivity contribution in [2.24, 2.45) is 0 Å². The third-order valence-electron chi connectivity index (χ3n) is 1.86. The highest BCUT2D eigenvalue weighted by Crippen LogP contribution is 2.24. The molecular formula is C10H9BrCl2O2. The lowest BCUT2D eigenvalue weighted by molar-refractivity contribution is -0.140. The molecule has 0 spiro atoms. The summed E-state index contributed by atoms with van der Waals surface area (Å²) in [5, 5.41) is -0.0755. The van der Waals surface area contributed by atoms with Gasteiger partial charge in [-0.25, -0.2) is 0 Å². The molecular weight excluding hydrogens is 303 g/mol. The van der Waals surface area contributed by atoms with Gasteiger partial charge in [-0.1, -0.05) is 17.7 Å². The fourth-order valence-corrected chi connectivity index (χ4v) is 1.80. The Morgan fingerprint density at radius 2 is 2.27 bits per heavy atom. The van der Waals surface area contributed by atoms with Crippen LogP contribution in [0, 0.1) is 0 Å². The minimum absolute atomic E-state index is 0.404. The molecule has 0 amide bonds. The van der Waals surface area contributed by atoms with Crippen LogP contribution < -0.4 is 0 Å². The molecule has 5 heteroatoms. The van der Waals surface area contributed by atoms with E-state index in [4.69, 9.17) is 23.2 Å². The van der Waals surface area contributed by atoms with Crippen LogP contribution in [0.5, 0.6) is 0 Å². The van der Waals surface area contributed by atoms with Crippen molar-refractivity contribution in [2.75, 3.05) is 7.11 Å². The summed E-state index contributed by atoms with van der Waals surface area (Å²) in [6, 6.07) is 5.44. The summed E-state index contributed by atoms with van der Waals surface area (Å²) in [7, 11) is 1.31. The monoisotopic (exact) mass is 310 g/mol. The van der Waals surface area contributed by atoms with E-state index in [1.807, 2.05) is 12.1 Å². The van der Waals surface area contributed by atoms with Crippen molar-refractivity contribution in [3.05, 3.63) is 33.3 Å². The highest BCUT2D eigenvalue weighted by atomic mass is 79.9. The first kappa shape index (κ1) is 12.8. The predicted octanol–water partition coefficient (Wildman–Crippen LogP) is 3.43. The summed E-state index contributed by atoms with van der Waals surface area (Å²) < 4.78 is 5.34. The Labute approximate surface area is 107 Å². The Kier molecular flexibility index (Phi) is 4.90. The van der Waals surface area contributed by atoms with Gasteiger partial charge < -0.3 is 4.74 Å². The van der Waals surface area contributed by atoms with Gasteiger partial charge in [0.2, 0.25) is 0 Å². The van der Waals surface area contributed by atoms with Crippen molar-refractivity contribution in [3.63, 3.8) is 0 Å². The summed E-state index contributed by atoms with van der Waals surface area (Å²) in [4.78, 5) is 11.1. The Hall–Kier alpha value is -0.250. The summed E-state index contributed by atoms with van der Waals surface area (Å²) in [6.07, 6.45) is 0.404. The van der Waals surface area contributed by atoms with Crippen LogP contribution >= 0.6 is 39.1 Å². The molecule has 1 atom stereocenters. The molecule has 2 nitrogen and oxygen atoms in total. The SMILES string of the molecule is COC(=O)C(Cl)Cc1ccc(Br)c(Cl)c1. The molecule has 82 valence electrons. The second kappa shape index (κ2) is 5.73. The maximum atomic E-state index is 11.1. The van der Waals surface area contributed by atoms with Gasteiger partial charge >= 0.3 is 5.97 Å². The molecule has 0 heterocycles. The average Bonchev–Trinajstić information content (AvgIpc) is 2.22. The van der Waals surface area contributed by atoms with E-state index in [0.717, 1.165) is 10.0 Å². The van der Waals surface area contributed by atoms with Crippen LogP contribution in [0.25, 0.3) is 0 Å². The van der Waals surface area contributed by atoms with E-state index >= 15 is 0 Å². The third-order valence-corrected chi connectivity index (χ3v) is 3.42. The van der Waals surface area contributed by atoms with Crippen molar-refractivity contribution < 1.29 is 9.53 Å². The number of esters is 1. The maximum absolute atomic E-state index is 11.1. The molecule has 1 aromatic rings. The number of benzene rings is 1. The molecule has 0 N–H and O–H groups in total. The lowest BCUT2D eigenvalue weighted by atomic mass is 10.1. The first-order valence-corrected chi connectivity index (χ1v) is 5.81. The van der Waals surface area contributed by atoms with Gasteiger partial charge in [-0.15, -0.1) is 11.6 Å². The molecule has 0 aliphatic rings. The minimum atomic E-state index is -0.674. The van der Waals surface area contributed by atoms with Gasteiger partial charge in [0.1, 0.15) is 5.38 Å². The number of rotatable bonds is 3. The van der Waals surface area contributed by atoms with Crippen LogP contribution in [0.2, 0.25) is 5.02 Å². The zero-order chi connectivity index (χ0) is 11.4. The third kappa shape index (κ3) is 3.67. The highest BCUT2D eigenvalue weighted by Gasteiger charge is 2.16. The smallest absolute Gasteiger partial charge is 0.324 e. The summed E-state index contributed by atoms with van der Waals surface area (Å²) >= 11 is 15.0. The van der Waals surface area contributed by atoms with Crippen LogP contribution in [0.4, 0.5) is 0 Å². The van der Waals surface area contributed by atoms with Crippen LogP contribution in [-0.2, 0) is 16.0 Å². The minimum Gasteiger partial charge on any atom is -0.468 e. The molecule has 1 unspecified atom stereocenters. The second-order valence-electron chi connectivity index (χ2n) is 2.94. The fraction of sp³-hybridized carbons (Fsp3) is 0.300. The van der Waals surface area contributed by atoms with Crippen molar-refractivity contribution in [1.29, 1.82) is 0 Å². The lowest BCUT2D eigenvalue weighted by Crippen LogP contribution is -2.18. The molecule has 1 rings (SSSR count). The molecule has 0 bridgehead atoms. The van der Waals surface area contributed by atoms with E-state index in [1.54, 1.807) is 6.07 Å². The highest BCUT2D eigenvalue weighted by molar-refractivity contribution is 9.10. The number of alkyl halides is 1. The number of hydrogen-bond donors (Lipinski definition) is 0. The lowest BCUT2D eigenvalue weighted by Gasteiger charge is -2.07. The maximum Gasteiger partial charge on any atom is 0.324 e. The number of carbonyl (C=O) groups is 1. The number of ether oxygens (including phenoxy) is 1. The van der Waals surface area contributed by atoms with E-state index in [9.17, 15) is 4.79 Å². The summed E-state index contributed by atoms with van der Waals surface area (Å²) in [5.41, 5.74) is 0.897. The molecule has 0 fully saturated rings. The van der Waals surface area contributed by atoms with E-state index < -0.39 is 11.3 Å². The van der Waals surface area contributed by atoms with Crippen molar-refractivity contribution in [1.82, 2.24) is 0 Å². The molecule has 0 saturated carbocycles. The summed E-state index contributed by atoms with van der Waals surface area (Å²) in [6.45, 7) is 0. The number of hydrogen-bond acceptors (Lipinski definition) is 2. The average molecular weight is 312 g/mol. The first-order valence-electron chi connectivity index (χ1n) is 4.20. The van der Waals surface area contributed by atoms with Crippen LogP contribution in [-0.4, -0.2) is 18.5 Å². The molecule has 1 aromatic carbocycles. The van der Waals surface area contributed by atoms with E-state index in [-0.39, 0.29) is 0 Å². The van der Waals surface area contributed by atoms with Crippen LogP contribution in [0.3, 0.4) is 0 Å². The quantitative estimate of drug-likeness (QED) is 0.631. The Morgan fingerprint density at radius 3 is 2.80 bits per heavy atom. The molecule has 0 aliphatic carbocycles. The Morgan fingerprint density at radius 1 is 1.60 bits per heavy atom. The standard InChI is InChI=1S/C10H9BrCl2O2/c1-15-10(14)9(13)5-6-2-3-7(11)8(12)4-6/h2-4,9H,5H2,1H3. The number of carbonyl (C=O) groups excluding carboxylic acids is 1. The van der Waals surface area contributed by atoms with Gasteiger partial charge in [0.15, 0.2) is 0 Å². The van der Waals surface area contributed by atoms with Crippen molar-refractivity contribution >= 4 is 45.1 Å². The molecule has 0 aromatic heterocycles. The van der Waals surface area contributed by atoms with Crippen molar-refractivity contribution in [2.45, 2.75) is 11.8 Å². The fourth-order valence-electron chi connectivity index (χ4n) is 1.08. The van der Waals surface area contributed by atoms with Gasteiger partial charge in [-0.2, -0.15) is 0 Å². The zero-order valence-electron chi connectivity index (χ0n) is 7.97. The van der Waals surface area contributed by atoms with Gasteiger partial charge in [0.25, 0.3) is 0 Å². The van der Waals surface area contributed by atoms with Gasteiger partial charge in [-0.3, -0.25) is 4.79 Å². The van der Waals surface area contributed by atoms with Gasteiger partial charge in [0, 0.05) is 4.47 Å². The number of methoxy groups -OCH3 is 1. The van der Waals surface area contributed by atoms with E-state index in [2.05, 4.69) is 20.7 Å². The Balaban J connectivity index is 2.73. The molecule has 0 aliphatic heterocycles. The van der Waals surface area contributed by atoms with E-state index in [0.29, 0.717) is 11.4 Å². The van der Waals surface area contributed by atoms with Gasteiger partial charge in [-0.05, 0) is 40.0 Å². The van der Waals surface area contributed by atoms with E-state index in [1.165, 1.54) is 7.11 Å². The first-order chi connectivity index (χ1) is 7.04.